The molecule has 0 aliphatic carbocycles. The molecule has 2 heterocycles. The lowest BCUT2D eigenvalue weighted by molar-refractivity contribution is -0.0661. The number of hydrogen-bond donors (Lipinski definition) is 3. The number of hydroxylamine groups is 2. The van der Waals surface area contributed by atoms with Crippen LogP contribution in [0.3, 0.4) is 0 Å². The minimum absolute atomic E-state index is 0.369. The molecular weight excluding hydrogens is 276 g/mol. The van der Waals surface area contributed by atoms with Crippen molar-refractivity contribution in [3.63, 3.8) is 0 Å². The van der Waals surface area contributed by atoms with E-state index < -0.39 is 0 Å². The van der Waals surface area contributed by atoms with Gasteiger partial charge in [0.1, 0.15) is 0 Å². The van der Waals surface area contributed by atoms with Gasteiger partial charge in [-0.15, -0.1) is 0 Å². The molecule has 0 spiro atoms. The Balaban J connectivity index is 2.29. The van der Waals surface area contributed by atoms with E-state index >= 15 is 0 Å². The largest absolute Gasteiger partial charge is 0.360 e. The van der Waals surface area contributed by atoms with Gasteiger partial charge in [-0.1, -0.05) is 11.6 Å². The Morgan fingerprint density at radius 1 is 1.45 bits per heavy atom. The van der Waals surface area contributed by atoms with Crippen molar-refractivity contribution < 1.29 is 5.21 Å². The molecule has 1 aromatic heterocycles. The summed E-state index contributed by atoms with van der Waals surface area (Å²) >= 11 is 6.07. The molecule has 1 atom stereocenters. The molecule has 104 valence electrons. The summed E-state index contributed by atoms with van der Waals surface area (Å²) in [7, 11) is 1.83. The number of aromatic amines is 1. The average Bonchev–Trinajstić information content (AvgIpc) is 2.94. The second kappa shape index (κ2) is 5.28. The molecule has 3 N–H and O–H groups in total. The van der Waals surface area contributed by atoms with Crippen LogP contribution in [0.4, 0.5) is 0 Å². The zero-order valence-corrected chi connectivity index (χ0v) is 11.7. The fraction of sp³-hybridized carbons (Fsp3) is 0.214. The summed E-state index contributed by atoms with van der Waals surface area (Å²) in [5.74, 6) is 0. The summed E-state index contributed by atoms with van der Waals surface area (Å²) in [6.45, 7) is 0.544. The first kappa shape index (κ1) is 13.2. The van der Waals surface area contributed by atoms with Gasteiger partial charge in [-0.25, -0.2) is 5.06 Å². The maximum absolute atomic E-state index is 10.5. The van der Waals surface area contributed by atoms with Crippen LogP contribution in [0.15, 0.2) is 41.5 Å². The number of benzene rings is 1. The van der Waals surface area contributed by atoms with Crippen molar-refractivity contribution in [2.24, 2.45) is 4.99 Å². The van der Waals surface area contributed by atoms with Crippen molar-refractivity contribution in [3.8, 4) is 0 Å². The van der Waals surface area contributed by atoms with Crippen LogP contribution in [-0.4, -0.2) is 35.0 Å². The zero-order valence-electron chi connectivity index (χ0n) is 11.0. The van der Waals surface area contributed by atoms with E-state index in [2.05, 4.69) is 15.3 Å². The molecule has 2 aromatic rings. The van der Waals surface area contributed by atoms with E-state index in [1.165, 1.54) is 5.06 Å². The lowest BCUT2D eigenvalue weighted by atomic mass is 10.1. The standard InChI is InChI=1S/C14H15ClN4O/c1-16-8-13-18-11-5-4-9(15)7-10(11)14(19(13)20)12-3-2-6-17-12/h2-7,13,16-17,20H,8H2,1H3. The van der Waals surface area contributed by atoms with Gasteiger partial charge in [-0.05, 0) is 37.4 Å². The van der Waals surface area contributed by atoms with Crippen molar-refractivity contribution in [2.75, 3.05) is 13.6 Å². The molecule has 1 aliphatic heterocycles. The van der Waals surface area contributed by atoms with Crippen molar-refractivity contribution in [2.45, 2.75) is 6.17 Å². The second-order valence-corrected chi connectivity index (χ2v) is 5.04. The van der Waals surface area contributed by atoms with Gasteiger partial charge in [0.05, 0.1) is 16.7 Å². The lowest BCUT2D eigenvalue weighted by Crippen LogP contribution is -2.48. The summed E-state index contributed by atoms with van der Waals surface area (Å²) in [6, 6.07) is 9.29. The highest BCUT2D eigenvalue weighted by molar-refractivity contribution is 6.30. The predicted octanol–water partition coefficient (Wildman–Crippen LogP) is 0.694. The van der Waals surface area contributed by atoms with E-state index in [1.54, 1.807) is 6.07 Å². The van der Waals surface area contributed by atoms with Gasteiger partial charge in [0.25, 0.3) is 0 Å². The van der Waals surface area contributed by atoms with E-state index in [0.717, 1.165) is 16.3 Å². The molecule has 3 rings (SSSR count). The van der Waals surface area contributed by atoms with E-state index in [9.17, 15) is 5.21 Å². The first-order chi connectivity index (χ1) is 9.70. The van der Waals surface area contributed by atoms with Gasteiger partial charge in [-0.3, -0.25) is 10.2 Å². The van der Waals surface area contributed by atoms with Crippen LogP contribution in [-0.2, 0) is 0 Å². The van der Waals surface area contributed by atoms with Crippen LogP contribution in [0, 0.1) is 0 Å². The number of nitrogens with zero attached hydrogens (tertiary/aromatic N) is 2. The van der Waals surface area contributed by atoms with Gasteiger partial charge in [-0.2, -0.15) is 0 Å². The SMILES string of the molecule is CNCC1N=c2ccc(Cl)cc2=C(c2ccc[nH]2)N1O. The minimum atomic E-state index is -0.369. The summed E-state index contributed by atoms with van der Waals surface area (Å²) in [5.41, 5.74) is 1.51. The van der Waals surface area contributed by atoms with Gasteiger partial charge in [0.2, 0.25) is 0 Å². The average molecular weight is 291 g/mol. The Morgan fingerprint density at radius 2 is 2.30 bits per heavy atom. The highest BCUT2D eigenvalue weighted by atomic mass is 35.5. The Morgan fingerprint density at radius 3 is 3.00 bits per heavy atom. The smallest absolute Gasteiger partial charge is 0.158 e. The number of halogens is 1. The molecular formula is C14H15ClN4O. The van der Waals surface area contributed by atoms with Gasteiger partial charge in [0, 0.05) is 23.0 Å². The fourth-order valence-corrected chi connectivity index (χ4v) is 2.53. The quantitative estimate of drug-likeness (QED) is 0.779. The van der Waals surface area contributed by atoms with E-state index in [-0.39, 0.29) is 6.17 Å². The first-order valence-corrected chi connectivity index (χ1v) is 6.72. The van der Waals surface area contributed by atoms with Crippen molar-refractivity contribution >= 4 is 17.3 Å². The summed E-state index contributed by atoms with van der Waals surface area (Å²) in [6.07, 6.45) is 1.45. The van der Waals surface area contributed by atoms with Crippen LogP contribution < -0.4 is 15.9 Å². The zero-order chi connectivity index (χ0) is 14.1. The maximum Gasteiger partial charge on any atom is 0.158 e. The normalized spacial score (nSPS) is 17.9. The number of aromatic nitrogens is 1. The molecule has 1 aliphatic rings. The highest BCUT2D eigenvalue weighted by Gasteiger charge is 2.24. The summed E-state index contributed by atoms with van der Waals surface area (Å²) < 4.78 is 0. The van der Waals surface area contributed by atoms with E-state index in [1.807, 2.05) is 37.5 Å². The number of hydrogen-bond acceptors (Lipinski definition) is 4. The Labute approximate surface area is 121 Å². The predicted molar refractivity (Wildman–Crippen MR) is 76.9 cm³/mol. The molecule has 0 fully saturated rings. The molecule has 0 radical (unpaired) electrons. The van der Waals surface area contributed by atoms with Gasteiger partial charge in [0.15, 0.2) is 6.17 Å². The molecule has 0 amide bonds. The van der Waals surface area contributed by atoms with Crippen LogP contribution in [0.2, 0.25) is 5.02 Å². The maximum atomic E-state index is 10.5. The number of fused-ring (bicyclic) bond motifs is 1. The van der Waals surface area contributed by atoms with Crippen LogP contribution >= 0.6 is 11.6 Å². The molecule has 1 aromatic carbocycles. The summed E-state index contributed by atoms with van der Waals surface area (Å²) in [5, 5.41) is 16.9. The Bertz CT molecular complexity index is 726. The number of H-pyrrole nitrogens is 1. The number of rotatable bonds is 3. The third-order valence-electron chi connectivity index (χ3n) is 3.25. The van der Waals surface area contributed by atoms with E-state index in [0.29, 0.717) is 17.3 Å². The number of nitrogens with one attached hydrogen (secondary N) is 2. The molecule has 0 bridgehead atoms. The van der Waals surface area contributed by atoms with Crippen molar-refractivity contribution in [1.29, 1.82) is 0 Å². The molecule has 20 heavy (non-hydrogen) atoms. The summed E-state index contributed by atoms with van der Waals surface area (Å²) in [4.78, 5) is 7.65. The topological polar surface area (TPSA) is 63.7 Å². The van der Waals surface area contributed by atoms with Crippen LogP contribution in [0.5, 0.6) is 0 Å². The van der Waals surface area contributed by atoms with Gasteiger partial charge < -0.3 is 10.3 Å². The lowest BCUT2D eigenvalue weighted by Gasteiger charge is -2.29. The Kier molecular flexibility index (Phi) is 3.48. The molecule has 1 unspecified atom stereocenters. The minimum Gasteiger partial charge on any atom is -0.360 e. The molecule has 0 saturated carbocycles. The Hall–Kier alpha value is -1.82. The highest BCUT2D eigenvalue weighted by Crippen LogP contribution is 2.17. The van der Waals surface area contributed by atoms with Crippen LogP contribution in [0.1, 0.15) is 5.69 Å². The molecule has 6 heteroatoms. The molecule has 5 nitrogen and oxygen atoms in total. The first-order valence-electron chi connectivity index (χ1n) is 6.35. The third kappa shape index (κ3) is 2.20. The van der Waals surface area contributed by atoms with Crippen molar-refractivity contribution in [1.82, 2.24) is 15.4 Å². The van der Waals surface area contributed by atoms with Crippen molar-refractivity contribution in [3.05, 3.63) is 57.8 Å². The number of likely N-dealkylation sites (N-methyl/N-ethyl adjacent to an activating group) is 1. The second-order valence-electron chi connectivity index (χ2n) is 4.61. The monoisotopic (exact) mass is 290 g/mol. The fourth-order valence-electron chi connectivity index (χ4n) is 2.36. The molecule has 0 saturated heterocycles. The van der Waals surface area contributed by atoms with Gasteiger partial charge >= 0.3 is 0 Å². The third-order valence-corrected chi connectivity index (χ3v) is 3.49. The van der Waals surface area contributed by atoms with E-state index in [4.69, 9.17) is 11.6 Å². The van der Waals surface area contributed by atoms with Crippen LogP contribution in [0.25, 0.3) is 5.70 Å².